The second kappa shape index (κ2) is 6.55. The molecule has 2 rings (SSSR count). The molecule has 0 atom stereocenters. The van der Waals surface area contributed by atoms with Gasteiger partial charge in [0, 0.05) is 12.2 Å². The van der Waals surface area contributed by atoms with E-state index in [0.29, 0.717) is 16.6 Å². The molecular formula is C14H14BrFN2O2S. The molecule has 0 amide bonds. The summed E-state index contributed by atoms with van der Waals surface area (Å²) < 4.78 is 35.8. The number of halogens is 2. The maximum absolute atomic E-state index is 13.4. The summed E-state index contributed by atoms with van der Waals surface area (Å²) in [7, 11) is -3.52. The summed E-state index contributed by atoms with van der Waals surface area (Å²) in [5.41, 5.74) is 2.25. The first-order valence-electron chi connectivity index (χ1n) is 6.11. The topological polar surface area (TPSA) is 72.2 Å². The standard InChI is InChI=1S/C14H14BrFN2O2S/c15-13-6-3-11(7-14(13)16)8-18-12-4-1-10(2-5-12)9-21(17,19)20/h1-7,18H,8-9H2,(H2,17,19,20). The Hall–Kier alpha value is -1.44. The van der Waals surface area contributed by atoms with Crippen LogP contribution >= 0.6 is 15.9 Å². The number of anilines is 1. The van der Waals surface area contributed by atoms with Crippen molar-refractivity contribution >= 4 is 31.6 Å². The number of primary sulfonamides is 1. The molecule has 0 unspecified atom stereocenters. The van der Waals surface area contributed by atoms with E-state index in [9.17, 15) is 12.8 Å². The highest BCUT2D eigenvalue weighted by Gasteiger charge is 2.05. The molecule has 112 valence electrons. The van der Waals surface area contributed by atoms with Gasteiger partial charge in [0.15, 0.2) is 0 Å². The van der Waals surface area contributed by atoms with Crippen LogP contribution < -0.4 is 10.5 Å². The van der Waals surface area contributed by atoms with Gasteiger partial charge < -0.3 is 5.32 Å². The van der Waals surface area contributed by atoms with Crippen LogP contribution in [0.5, 0.6) is 0 Å². The predicted molar refractivity (Wildman–Crippen MR) is 84.7 cm³/mol. The van der Waals surface area contributed by atoms with E-state index in [2.05, 4.69) is 21.2 Å². The third-order valence-corrected chi connectivity index (χ3v) is 4.18. The fraction of sp³-hybridized carbons (Fsp3) is 0.143. The lowest BCUT2D eigenvalue weighted by Crippen LogP contribution is -2.14. The lowest BCUT2D eigenvalue weighted by atomic mass is 10.2. The molecule has 21 heavy (non-hydrogen) atoms. The van der Waals surface area contributed by atoms with Gasteiger partial charge in [-0.05, 0) is 51.3 Å². The number of benzene rings is 2. The van der Waals surface area contributed by atoms with Gasteiger partial charge in [0.25, 0.3) is 0 Å². The van der Waals surface area contributed by atoms with Crippen molar-refractivity contribution in [3.8, 4) is 0 Å². The summed E-state index contributed by atoms with van der Waals surface area (Å²) in [6, 6.07) is 11.8. The minimum Gasteiger partial charge on any atom is -0.381 e. The summed E-state index contributed by atoms with van der Waals surface area (Å²) in [6.07, 6.45) is 0. The molecule has 3 N–H and O–H groups in total. The summed E-state index contributed by atoms with van der Waals surface area (Å²) in [5.74, 6) is -0.497. The van der Waals surface area contributed by atoms with Crippen LogP contribution in [0.1, 0.15) is 11.1 Å². The lowest BCUT2D eigenvalue weighted by Gasteiger charge is -2.08. The van der Waals surface area contributed by atoms with Crippen LogP contribution in [0.2, 0.25) is 0 Å². The Labute approximate surface area is 131 Å². The van der Waals surface area contributed by atoms with Crippen molar-refractivity contribution in [2.45, 2.75) is 12.3 Å². The molecule has 0 bridgehead atoms. The molecule has 0 aliphatic heterocycles. The molecule has 2 aromatic rings. The Morgan fingerprint density at radius 1 is 1.10 bits per heavy atom. The van der Waals surface area contributed by atoms with Crippen LogP contribution in [0.3, 0.4) is 0 Å². The summed E-state index contributed by atoms with van der Waals surface area (Å²) in [6.45, 7) is 0.471. The second-order valence-electron chi connectivity index (χ2n) is 4.61. The quantitative estimate of drug-likeness (QED) is 0.847. The third-order valence-electron chi connectivity index (χ3n) is 2.80. The molecule has 7 heteroatoms. The van der Waals surface area contributed by atoms with Gasteiger partial charge in [0.1, 0.15) is 5.82 Å². The zero-order chi connectivity index (χ0) is 15.5. The zero-order valence-electron chi connectivity index (χ0n) is 11.0. The molecule has 0 heterocycles. The van der Waals surface area contributed by atoms with Gasteiger partial charge >= 0.3 is 0 Å². The van der Waals surface area contributed by atoms with Crippen LogP contribution in [0.4, 0.5) is 10.1 Å². The number of nitrogens with one attached hydrogen (secondary N) is 1. The minimum atomic E-state index is -3.52. The van der Waals surface area contributed by atoms with Gasteiger partial charge in [-0.1, -0.05) is 18.2 Å². The average molecular weight is 373 g/mol. The number of hydrogen-bond donors (Lipinski definition) is 2. The minimum absolute atomic E-state index is 0.189. The molecule has 2 aromatic carbocycles. The molecule has 0 spiro atoms. The Kier molecular flexibility index (Phi) is 4.97. The highest BCUT2D eigenvalue weighted by atomic mass is 79.9. The van der Waals surface area contributed by atoms with Gasteiger partial charge in [-0.2, -0.15) is 0 Å². The van der Waals surface area contributed by atoms with Crippen LogP contribution in [0, 0.1) is 5.82 Å². The zero-order valence-corrected chi connectivity index (χ0v) is 13.4. The molecule has 0 fully saturated rings. The maximum Gasteiger partial charge on any atom is 0.213 e. The number of hydrogen-bond acceptors (Lipinski definition) is 3. The number of rotatable bonds is 5. The van der Waals surface area contributed by atoms with Gasteiger partial charge in [-0.25, -0.2) is 17.9 Å². The average Bonchev–Trinajstić information content (AvgIpc) is 2.40. The third kappa shape index (κ3) is 5.11. The lowest BCUT2D eigenvalue weighted by molar-refractivity contribution is 0.597. The molecule has 0 radical (unpaired) electrons. The van der Waals surface area contributed by atoms with E-state index in [0.717, 1.165) is 11.3 Å². The van der Waals surface area contributed by atoms with Crippen LogP contribution in [-0.2, 0) is 22.3 Å². The first-order chi connectivity index (χ1) is 9.83. The second-order valence-corrected chi connectivity index (χ2v) is 7.07. The Morgan fingerprint density at radius 3 is 2.29 bits per heavy atom. The van der Waals surface area contributed by atoms with Crippen molar-refractivity contribution in [3.63, 3.8) is 0 Å². The van der Waals surface area contributed by atoms with Crippen LogP contribution in [0.25, 0.3) is 0 Å². The fourth-order valence-electron chi connectivity index (χ4n) is 1.80. The summed E-state index contributed by atoms with van der Waals surface area (Å²) in [4.78, 5) is 0. The van der Waals surface area contributed by atoms with E-state index >= 15 is 0 Å². The fourth-order valence-corrected chi connectivity index (χ4v) is 2.71. The normalized spacial score (nSPS) is 11.4. The molecule has 0 aromatic heterocycles. The van der Waals surface area contributed by atoms with Crippen molar-refractivity contribution in [3.05, 3.63) is 63.9 Å². The van der Waals surface area contributed by atoms with Gasteiger partial charge in [-0.3, -0.25) is 0 Å². The van der Waals surface area contributed by atoms with E-state index < -0.39 is 10.0 Å². The number of sulfonamides is 1. The summed E-state index contributed by atoms with van der Waals surface area (Å²) >= 11 is 3.10. The van der Waals surface area contributed by atoms with Gasteiger partial charge in [-0.15, -0.1) is 0 Å². The summed E-state index contributed by atoms with van der Waals surface area (Å²) in [5, 5.41) is 8.12. The Bertz CT molecular complexity index is 733. The van der Waals surface area contributed by atoms with Crippen molar-refractivity contribution in [2.75, 3.05) is 5.32 Å². The highest BCUT2D eigenvalue weighted by Crippen LogP contribution is 2.18. The van der Waals surface area contributed by atoms with Crippen molar-refractivity contribution in [1.29, 1.82) is 0 Å². The van der Waals surface area contributed by atoms with Gasteiger partial charge in [0.05, 0.1) is 10.2 Å². The molecule has 0 aliphatic carbocycles. The van der Waals surface area contributed by atoms with Crippen LogP contribution in [-0.4, -0.2) is 8.42 Å². The molecule has 4 nitrogen and oxygen atoms in total. The number of nitrogens with two attached hydrogens (primary N) is 1. The van der Waals surface area contributed by atoms with Crippen molar-refractivity contribution < 1.29 is 12.8 Å². The Balaban J connectivity index is 1.99. The van der Waals surface area contributed by atoms with Crippen LogP contribution in [0.15, 0.2) is 46.9 Å². The highest BCUT2D eigenvalue weighted by molar-refractivity contribution is 9.10. The van der Waals surface area contributed by atoms with E-state index in [-0.39, 0.29) is 11.6 Å². The van der Waals surface area contributed by atoms with E-state index in [1.165, 1.54) is 6.07 Å². The van der Waals surface area contributed by atoms with E-state index in [4.69, 9.17) is 5.14 Å². The smallest absolute Gasteiger partial charge is 0.213 e. The SMILES string of the molecule is NS(=O)(=O)Cc1ccc(NCc2ccc(Br)c(F)c2)cc1. The maximum atomic E-state index is 13.4. The molecular weight excluding hydrogens is 359 g/mol. The molecule has 0 saturated carbocycles. The first-order valence-corrected chi connectivity index (χ1v) is 8.61. The van der Waals surface area contributed by atoms with E-state index in [1.54, 1.807) is 30.3 Å². The Morgan fingerprint density at radius 2 is 1.71 bits per heavy atom. The molecule has 0 aliphatic rings. The molecule has 0 saturated heterocycles. The predicted octanol–water partition coefficient (Wildman–Crippen LogP) is 2.99. The van der Waals surface area contributed by atoms with Crippen molar-refractivity contribution in [1.82, 2.24) is 0 Å². The van der Waals surface area contributed by atoms with Crippen molar-refractivity contribution in [2.24, 2.45) is 5.14 Å². The van der Waals surface area contributed by atoms with E-state index in [1.807, 2.05) is 6.07 Å². The monoisotopic (exact) mass is 372 g/mol. The largest absolute Gasteiger partial charge is 0.381 e. The van der Waals surface area contributed by atoms with Gasteiger partial charge in [0.2, 0.25) is 10.0 Å². The first kappa shape index (κ1) is 15.9.